The van der Waals surface area contributed by atoms with E-state index in [1.165, 1.54) is 12.0 Å². The number of rotatable bonds is 11. The highest BCUT2D eigenvalue weighted by molar-refractivity contribution is 5.90. The number of esters is 3. The molecule has 4 fully saturated rings. The van der Waals surface area contributed by atoms with Crippen molar-refractivity contribution in [2.45, 2.75) is 89.9 Å². The summed E-state index contributed by atoms with van der Waals surface area (Å²) in [6, 6.07) is 9.88. The summed E-state index contributed by atoms with van der Waals surface area (Å²) in [4.78, 5) is 51.1. The maximum absolute atomic E-state index is 13.1. The number of ether oxygens (including phenoxy) is 3. The minimum atomic E-state index is -0.650. The van der Waals surface area contributed by atoms with Gasteiger partial charge in [-0.1, -0.05) is 44.2 Å². The molecule has 0 unspecified atom stereocenters. The second-order valence-electron chi connectivity index (χ2n) is 15.6. The molecule has 4 aliphatic rings. The highest BCUT2D eigenvalue weighted by Gasteiger charge is 2.50. The molecule has 9 heteroatoms. The van der Waals surface area contributed by atoms with Gasteiger partial charge in [-0.25, -0.2) is 14.4 Å². The van der Waals surface area contributed by atoms with Gasteiger partial charge in [-0.3, -0.25) is 15.0 Å². The van der Waals surface area contributed by atoms with Gasteiger partial charge in [0.15, 0.2) is 0 Å². The molecule has 4 aliphatic carbocycles. The van der Waals surface area contributed by atoms with Crippen molar-refractivity contribution in [1.29, 1.82) is 0 Å². The number of hydrogen-bond acceptors (Lipinski definition) is 9. The number of nitrogens with zero attached hydrogens (tertiary/aromatic N) is 3. The fourth-order valence-corrected chi connectivity index (χ4v) is 8.99. The van der Waals surface area contributed by atoms with Gasteiger partial charge in [-0.2, -0.15) is 0 Å². The molecule has 0 aromatic carbocycles. The van der Waals surface area contributed by atoms with Crippen LogP contribution in [0.1, 0.15) is 103 Å². The van der Waals surface area contributed by atoms with Crippen LogP contribution in [-0.4, -0.2) is 51.2 Å². The molecule has 3 heterocycles. The summed E-state index contributed by atoms with van der Waals surface area (Å²) in [7, 11) is 0. The van der Waals surface area contributed by atoms with Crippen LogP contribution in [0.25, 0.3) is 0 Å². The summed E-state index contributed by atoms with van der Waals surface area (Å²) >= 11 is 0. The number of fused-ring (bicyclic) bond motifs is 1. The number of hydrogen-bond donors (Lipinski definition) is 0. The predicted octanol–water partition coefficient (Wildman–Crippen LogP) is 8.87. The number of allylic oxidation sites excluding steroid dienone is 4. The van der Waals surface area contributed by atoms with Crippen molar-refractivity contribution < 1.29 is 28.6 Å². The van der Waals surface area contributed by atoms with Gasteiger partial charge in [0.25, 0.3) is 0 Å². The maximum atomic E-state index is 13.1. The van der Waals surface area contributed by atoms with E-state index < -0.39 is 24.1 Å². The Balaban J connectivity index is 1.06. The van der Waals surface area contributed by atoms with E-state index in [9.17, 15) is 14.4 Å². The molecule has 0 N–H and O–H groups in total. The Kier molecular flexibility index (Phi) is 11.3. The molecule has 0 aliphatic heterocycles. The largest absolute Gasteiger partial charge is 0.458 e. The van der Waals surface area contributed by atoms with Crippen LogP contribution in [0.5, 0.6) is 0 Å². The first kappa shape index (κ1) is 37.1. The van der Waals surface area contributed by atoms with Crippen LogP contribution in [0.2, 0.25) is 0 Å². The fourth-order valence-electron chi connectivity index (χ4n) is 8.99. The fraction of sp³-hybridized carbons (Fsp3) is 0.422. The second kappa shape index (κ2) is 16.5. The van der Waals surface area contributed by atoms with Crippen LogP contribution in [0.15, 0.2) is 121 Å². The Morgan fingerprint density at radius 1 is 0.796 bits per heavy atom. The quantitative estimate of drug-likeness (QED) is 0.108. The SMILES string of the molecule is C=C1C(=CC=C2CCC[C@]3(C)[C@@H]([C@H](C)C=C[C@H](OC(=O)c4ccncc4)C4CC4)CC[C@@H]23)C[C@@H](OC(=O)c2ccncc2)C[C@@H]1OC(=O)c1ccncc1. The monoisotopic (exact) mass is 727 g/mol. The molecule has 0 spiro atoms. The lowest BCUT2D eigenvalue weighted by Gasteiger charge is -2.44. The number of pyridine rings is 3. The van der Waals surface area contributed by atoms with Gasteiger partial charge in [0.1, 0.15) is 18.3 Å². The van der Waals surface area contributed by atoms with E-state index in [-0.39, 0.29) is 17.5 Å². The molecule has 54 heavy (non-hydrogen) atoms. The van der Waals surface area contributed by atoms with E-state index in [4.69, 9.17) is 14.2 Å². The Bertz CT molecular complexity index is 1920. The Hall–Kier alpha value is -5.18. The zero-order valence-electron chi connectivity index (χ0n) is 31.1. The van der Waals surface area contributed by atoms with E-state index >= 15 is 0 Å². The van der Waals surface area contributed by atoms with Gasteiger partial charge in [0, 0.05) is 50.0 Å². The van der Waals surface area contributed by atoms with Gasteiger partial charge >= 0.3 is 17.9 Å². The summed E-state index contributed by atoms with van der Waals surface area (Å²) in [5.41, 5.74) is 4.57. The highest BCUT2D eigenvalue weighted by atomic mass is 16.6. The third-order valence-corrected chi connectivity index (χ3v) is 12.1. The van der Waals surface area contributed by atoms with Crippen LogP contribution < -0.4 is 0 Å². The van der Waals surface area contributed by atoms with E-state index in [1.807, 2.05) is 0 Å². The first-order chi connectivity index (χ1) is 26.2. The smallest absolute Gasteiger partial charge is 0.338 e. The number of aromatic nitrogens is 3. The average molecular weight is 728 g/mol. The number of carbonyl (C=O) groups excluding carboxylic acids is 3. The molecule has 3 aromatic rings. The van der Waals surface area contributed by atoms with E-state index in [0.717, 1.165) is 49.7 Å². The van der Waals surface area contributed by atoms with Gasteiger partial charge in [0.2, 0.25) is 0 Å². The van der Waals surface area contributed by atoms with Crippen LogP contribution in [-0.2, 0) is 14.2 Å². The van der Waals surface area contributed by atoms with Crippen molar-refractivity contribution in [3.63, 3.8) is 0 Å². The normalized spacial score (nSPS) is 28.0. The van der Waals surface area contributed by atoms with Crippen LogP contribution in [0.4, 0.5) is 0 Å². The Morgan fingerprint density at radius 2 is 1.39 bits per heavy atom. The van der Waals surface area contributed by atoms with Crippen LogP contribution in [0.3, 0.4) is 0 Å². The van der Waals surface area contributed by atoms with Gasteiger partial charge in [-0.15, -0.1) is 0 Å². The summed E-state index contributed by atoms with van der Waals surface area (Å²) in [5.74, 6) is 0.465. The molecule has 0 radical (unpaired) electrons. The summed E-state index contributed by atoms with van der Waals surface area (Å²) in [6.07, 6.45) is 25.5. The summed E-state index contributed by atoms with van der Waals surface area (Å²) in [5, 5.41) is 0. The molecule has 7 rings (SSSR count). The van der Waals surface area contributed by atoms with Gasteiger partial charge in [-0.05, 0) is 128 Å². The van der Waals surface area contributed by atoms with Gasteiger partial charge < -0.3 is 14.2 Å². The first-order valence-electron chi connectivity index (χ1n) is 19.3. The van der Waals surface area contributed by atoms with Crippen molar-refractivity contribution in [2.75, 3.05) is 0 Å². The highest BCUT2D eigenvalue weighted by Crippen LogP contribution is 2.59. The molecule has 0 amide bonds. The molecule has 280 valence electrons. The molecular weight excluding hydrogens is 679 g/mol. The minimum Gasteiger partial charge on any atom is -0.458 e. The zero-order valence-corrected chi connectivity index (χ0v) is 31.1. The van der Waals surface area contributed by atoms with Crippen LogP contribution in [0, 0.1) is 29.1 Å². The molecule has 9 nitrogen and oxygen atoms in total. The number of carbonyl (C=O) groups is 3. The molecule has 4 saturated carbocycles. The molecular formula is C45H49N3O6. The van der Waals surface area contributed by atoms with Crippen molar-refractivity contribution in [3.05, 3.63) is 138 Å². The van der Waals surface area contributed by atoms with Crippen molar-refractivity contribution in [1.82, 2.24) is 15.0 Å². The Morgan fingerprint density at radius 3 is 2.00 bits per heavy atom. The summed E-state index contributed by atoms with van der Waals surface area (Å²) < 4.78 is 18.0. The minimum absolute atomic E-state index is 0.143. The third kappa shape index (κ3) is 8.46. The predicted molar refractivity (Wildman–Crippen MR) is 204 cm³/mol. The van der Waals surface area contributed by atoms with E-state index in [1.54, 1.807) is 73.6 Å². The third-order valence-electron chi connectivity index (χ3n) is 12.1. The topological polar surface area (TPSA) is 118 Å². The Labute approximate surface area is 317 Å². The van der Waals surface area contributed by atoms with E-state index in [2.05, 4.69) is 59.7 Å². The summed E-state index contributed by atoms with van der Waals surface area (Å²) in [6.45, 7) is 9.16. The van der Waals surface area contributed by atoms with E-state index in [0.29, 0.717) is 53.2 Å². The molecule has 3 aromatic heterocycles. The van der Waals surface area contributed by atoms with Crippen molar-refractivity contribution in [3.8, 4) is 0 Å². The molecule has 0 saturated heterocycles. The lowest BCUT2D eigenvalue weighted by molar-refractivity contribution is 0.00211. The van der Waals surface area contributed by atoms with Crippen molar-refractivity contribution in [2.24, 2.45) is 29.1 Å². The zero-order chi connectivity index (χ0) is 37.7. The molecule has 7 atom stereocenters. The average Bonchev–Trinajstić information content (AvgIpc) is 3.98. The lowest BCUT2D eigenvalue weighted by Crippen LogP contribution is -2.35. The van der Waals surface area contributed by atoms with Crippen LogP contribution >= 0.6 is 0 Å². The lowest BCUT2D eigenvalue weighted by atomic mass is 9.61. The molecule has 0 bridgehead atoms. The second-order valence-corrected chi connectivity index (χ2v) is 15.6. The van der Waals surface area contributed by atoms with Gasteiger partial charge in [0.05, 0.1) is 16.7 Å². The maximum Gasteiger partial charge on any atom is 0.338 e. The van der Waals surface area contributed by atoms with Crippen molar-refractivity contribution >= 4 is 17.9 Å². The standard InChI is InChI=1S/C45H49N3O6/c1-29(6-13-40(32-8-9-32)53-43(50)34-16-23-47-24-17-34)38-11-12-39-31(5-4-20-45(38,39)3)7-10-36-27-37(52-42(49)33-14-21-46-22-15-33)28-41(30(36)2)54-44(51)35-18-25-48-26-19-35/h6-7,10,13-19,21-26,29,32,37-41H,2,4-5,8-9,11-12,20,27-28H2,1,3H3/t29-,37-,38-,39+,40+,41+,45-/m1/s1. The first-order valence-corrected chi connectivity index (χ1v) is 19.3.